The van der Waals surface area contributed by atoms with E-state index in [2.05, 4.69) is 16.7 Å². The number of allylic oxidation sites excluding steroid dienone is 1. The number of nitrogens with one attached hydrogen (secondary N) is 2. The van der Waals surface area contributed by atoms with Gasteiger partial charge in [-0.05, 0) is 24.1 Å². The van der Waals surface area contributed by atoms with Crippen molar-refractivity contribution in [1.82, 2.24) is 10.6 Å². The number of halogens is 1. The zero-order valence-corrected chi connectivity index (χ0v) is 16.0. The first-order valence-electron chi connectivity index (χ1n) is 8.13. The number of hydrogen-bond acceptors (Lipinski definition) is 5. The molecular formula is C18H20ClN3O3S. The molecule has 1 atom stereocenters. The van der Waals surface area contributed by atoms with Crippen LogP contribution in [0.4, 0.5) is 0 Å². The first kappa shape index (κ1) is 20.3. The lowest BCUT2D eigenvalue weighted by Gasteiger charge is -2.25. The van der Waals surface area contributed by atoms with Gasteiger partial charge in [-0.3, -0.25) is 9.59 Å². The first-order chi connectivity index (χ1) is 12.5. The molecule has 1 heterocycles. The predicted molar refractivity (Wildman–Crippen MR) is 102 cm³/mol. The quantitative estimate of drug-likeness (QED) is 0.662. The van der Waals surface area contributed by atoms with Gasteiger partial charge >= 0.3 is 0 Å². The summed E-state index contributed by atoms with van der Waals surface area (Å²) in [6.07, 6.45) is 0.923. The smallest absolute Gasteiger partial charge is 0.230 e. The van der Waals surface area contributed by atoms with Crippen LogP contribution in [0.1, 0.15) is 24.3 Å². The zero-order chi connectivity index (χ0) is 18.9. The fraction of sp³-hybridized carbons (Fsp3) is 0.389. The summed E-state index contributed by atoms with van der Waals surface area (Å²) < 4.78 is 4.92. The van der Waals surface area contributed by atoms with E-state index in [1.54, 1.807) is 19.2 Å². The summed E-state index contributed by atoms with van der Waals surface area (Å²) in [7, 11) is 1.61. The lowest BCUT2D eigenvalue weighted by atomic mass is 9.87. The summed E-state index contributed by atoms with van der Waals surface area (Å²) in [5, 5.41) is 16.1. The number of methoxy groups -OCH3 is 1. The summed E-state index contributed by atoms with van der Waals surface area (Å²) >= 11 is 7.07. The van der Waals surface area contributed by atoms with Crippen LogP contribution in [0.5, 0.6) is 0 Å². The molecule has 8 heteroatoms. The molecule has 1 aliphatic heterocycles. The normalized spacial score (nSPS) is 16.8. The summed E-state index contributed by atoms with van der Waals surface area (Å²) in [6, 6.07) is 9.28. The highest BCUT2D eigenvalue weighted by Crippen LogP contribution is 2.36. The molecule has 2 rings (SSSR count). The second-order valence-electron chi connectivity index (χ2n) is 5.70. The fourth-order valence-corrected chi connectivity index (χ4v) is 3.58. The molecule has 138 valence electrons. The van der Waals surface area contributed by atoms with Gasteiger partial charge in [-0.15, -0.1) is 0 Å². The highest BCUT2D eigenvalue weighted by atomic mass is 35.5. The van der Waals surface area contributed by atoms with Crippen molar-refractivity contribution in [2.75, 3.05) is 26.0 Å². The molecule has 0 unspecified atom stereocenters. The van der Waals surface area contributed by atoms with Crippen LogP contribution < -0.4 is 10.6 Å². The monoisotopic (exact) mass is 393 g/mol. The van der Waals surface area contributed by atoms with E-state index >= 15 is 0 Å². The molecule has 2 amide bonds. The van der Waals surface area contributed by atoms with E-state index < -0.39 is 0 Å². The van der Waals surface area contributed by atoms with E-state index in [0.717, 1.165) is 23.7 Å². The van der Waals surface area contributed by atoms with Gasteiger partial charge in [0.25, 0.3) is 0 Å². The average molecular weight is 394 g/mol. The number of carbonyl (C=O) groups is 2. The van der Waals surface area contributed by atoms with Gasteiger partial charge < -0.3 is 15.4 Å². The molecular weight excluding hydrogens is 374 g/mol. The van der Waals surface area contributed by atoms with Gasteiger partial charge in [0.2, 0.25) is 11.8 Å². The summed E-state index contributed by atoms with van der Waals surface area (Å²) in [5.41, 5.74) is 1.31. The Morgan fingerprint density at radius 2 is 2.19 bits per heavy atom. The Hall–Kier alpha value is -2.01. The van der Waals surface area contributed by atoms with Gasteiger partial charge in [0.1, 0.15) is 0 Å². The van der Waals surface area contributed by atoms with E-state index in [1.807, 2.05) is 12.1 Å². The number of carbonyl (C=O) groups excluding carboxylic acids is 2. The van der Waals surface area contributed by atoms with Crippen LogP contribution in [-0.4, -0.2) is 37.8 Å². The maximum atomic E-state index is 12.1. The van der Waals surface area contributed by atoms with Gasteiger partial charge in [0, 0.05) is 37.6 Å². The number of rotatable bonds is 8. The van der Waals surface area contributed by atoms with Gasteiger partial charge in [-0.1, -0.05) is 35.5 Å². The third kappa shape index (κ3) is 5.77. The van der Waals surface area contributed by atoms with Gasteiger partial charge in [-0.2, -0.15) is 5.26 Å². The van der Waals surface area contributed by atoms with Crippen LogP contribution >= 0.6 is 23.4 Å². The van der Waals surface area contributed by atoms with Crippen molar-refractivity contribution in [2.24, 2.45) is 0 Å². The first-order valence-corrected chi connectivity index (χ1v) is 9.49. The van der Waals surface area contributed by atoms with Crippen LogP contribution in [-0.2, 0) is 14.3 Å². The molecule has 2 N–H and O–H groups in total. The minimum atomic E-state index is -0.335. The maximum Gasteiger partial charge on any atom is 0.230 e. The molecule has 0 fully saturated rings. The van der Waals surface area contributed by atoms with Gasteiger partial charge in [0.05, 0.1) is 22.4 Å². The van der Waals surface area contributed by atoms with E-state index in [4.69, 9.17) is 16.3 Å². The van der Waals surface area contributed by atoms with Crippen molar-refractivity contribution in [3.8, 4) is 6.07 Å². The Kier molecular flexibility index (Phi) is 7.98. The Morgan fingerprint density at radius 1 is 1.46 bits per heavy atom. The van der Waals surface area contributed by atoms with E-state index in [9.17, 15) is 14.9 Å². The van der Waals surface area contributed by atoms with E-state index in [0.29, 0.717) is 28.8 Å². The molecule has 26 heavy (non-hydrogen) atoms. The highest BCUT2D eigenvalue weighted by Gasteiger charge is 2.29. The number of benzene rings is 1. The minimum Gasteiger partial charge on any atom is -0.385 e. The van der Waals surface area contributed by atoms with Crippen molar-refractivity contribution >= 4 is 35.2 Å². The molecule has 1 aromatic carbocycles. The molecule has 6 nitrogen and oxygen atoms in total. The zero-order valence-electron chi connectivity index (χ0n) is 14.4. The number of nitriles is 1. The lowest BCUT2D eigenvalue weighted by molar-refractivity contribution is -0.121. The van der Waals surface area contributed by atoms with Crippen molar-refractivity contribution in [3.05, 3.63) is 45.5 Å². The minimum absolute atomic E-state index is 0.126. The SMILES string of the molecule is COCCCNC(=O)CSC1=C(C#N)[C@@H](c2ccc(Cl)cc2)CC(=O)N1. The van der Waals surface area contributed by atoms with Crippen LogP contribution in [0.15, 0.2) is 34.9 Å². The Labute approximate surface area is 161 Å². The van der Waals surface area contributed by atoms with Gasteiger partial charge in [-0.25, -0.2) is 0 Å². The maximum absolute atomic E-state index is 12.1. The third-order valence-electron chi connectivity index (χ3n) is 3.82. The summed E-state index contributed by atoms with van der Waals surface area (Å²) in [4.78, 5) is 24.0. The third-order valence-corrected chi connectivity index (χ3v) is 5.09. The van der Waals surface area contributed by atoms with E-state index in [1.165, 1.54) is 0 Å². The Morgan fingerprint density at radius 3 is 2.85 bits per heavy atom. The molecule has 0 aliphatic carbocycles. The molecule has 0 spiro atoms. The van der Waals surface area contributed by atoms with Crippen LogP contribution in [0.2, 0.25) is 5.02 Å². The largest absolute Gasteiger partial charge is 0.385 e. The molecule has 1 aromatic rings. The Bertz CT molecular complexity index is 728. The summed E-state index contributed by atoms with van der Waals surface area (Å²) in [6.45, 7) is 1.10. The van der Waals surface area contributed by atoms with Crippen LogP contribution in [0.3, 0.4) is 0 Å². The van der Waals surface area contributed by atoms with Crippen molar-refractivity contribution in [2.45, 2.75) is 18.8 Å². The molecule has 0 radical (unpaired) electrons. The second-order valence-corrected chi connectivity index (χ2v) is 7.12. The molecule has 0 saturated heterocycles. The lowest BCUT2D eigenvalue weighted by Crippen LogP contribution is -2.32. The highest BCUT2D eigenvalue weighted by molar-refractivity contribution is 8.03. The van der Waals surface area contributed by atoms with Crippen molar-refractivity contribution < 1.29 is 14.3 Å². The molecule has 0 aromatic heterocycles. The summed E-state index contributed by atoms with van der Waals surface area (Å²) in [5.74, 6) is -0.537. The fourth-order valence-electron chi connectivity index (χ4n) is 2.55. The molecule has 1 aliphatic rings. The number of ether oxygens (including phenoxy) is 1. The topological polar surface area (TPSA) is 91.2 Å². The predicted octanol–water partition coefficient (Wildman–Crippen LogP) is 2.56. The van der Waals surface area contributed by atoms with Crippen LogP contribution in [0, 0.1) is 11.3 Å². The Balaban J connectivity index is 2.06. The number of amides is 2. The number of nitrogens with zero attached hydrogens (tertiary/aromatic N) is 1. The number of hydrogen-bond donors (Lipinski definition) is 2. The van der Waals surface area contributed by atoms with Gasteiger partial charge in [0.15, 0.2) is 0 Å². The second kappa shape index (κ2) is 10.2. The van der Waals surface area contributed by atoms with Crippen molar-refractivity contribution in [1.29, 1.82) is 5.26 Å². The van der Waals surface area contributed by atoms with Crippen molar-refractivity contribution in [3.63, 3.8) is 0 Å². The molecule has 0 saturated carbocycles. The average Bonchev–Trinajstić information content (AvgIpc) is 2.63. The number of thioether (sulfide) groups is 1. The molecule has 0 bridgehead atoms. The standard InChI is InChI=1S/C18H20ClN3O3S/c1-25-8-2-7-21-17(24)11-26-18-15(10-20)14(9-16(23)22-18)12-3-5-13(19)6-4-12/h3-6,14H,2,7-9,11H2,1H3,(H,21,24)(H,22,23)/t14-/m1/s1. The van der Waals surface area contributed by atoms with Crippen LogP contribution in [0.25, 0.3) is 0 Å². The van der Waals surface area contributed by atoms with E-state index in [-0.39, 0.29) is 29.9 Å².